The van der Waals surface area contributed by atoms with E-state index >= 15 is 0 Å². The van der Waals surface area contributed by atoms with Crippen LogP contribution in [0.2, 0.25) is 0 Å². The molecule has 0 heterocycles. The molecule has 0 aliphatic rings. The third-order valence-electron chi connectivity index (χ3n) is 10.4. The van der Waals surface area contributed by atoms with Crippen molar-refractivity contribution >= 4 is 17.9 Å². The Morgan fingerprint density at radius 2 is 0.672 bits per heavy atom. The van der Waals surface area contributed by atoms with Crippen molar-refractivity contribution in [1.29, 1.82) is 0 Å². The van der Waals surface area contributed by atoms with Gasteiger partial charge in [-0.25, -0.2) is 0 Å². The molecule has 0 spiro atoms. The largest absolute Gasteiger partial charge is 0.462 e. The predicted octanol–water partition coefficient (Wildman–Crippen LogP) is 15.7. The van der Waals surface area contributed by atoms with Gasteiger partial charge in [-0.15, -0.1) is 0 Å². The number of rotatable bonds is 43. The van der Waals surface area contributed by atoms with Crippen molar-refractivity contribution in [2.75, 3.05) is 13.2 Å². The van der Waals surface area contributed by atoms with Crippen LogP contribution in [0, 0.1) is 0 Å². The summed E-state index contributed by atoms with van der Waals surface area (Å²) < 4.78 is 16.7. The van der Waals surface area contributed by atoms with Gasteiger partial charge in [-0.3, -0.25) is 14.4 Å². The molecule has 0 N–H and O–H groups in total. The molecule has 0 radical (unpaired) electrons. The molecule has 0 aliphatic carbocycles. The van der Waals surface area contributed by atoms with E-state index in [1.165, 1.54) is 135 Å². The van der Waals surface area contributed by atoms with Gasteiger partial charge in [0.05, 0.1) is 0 Å². The number of hydrogen-bond donors (Lipinski definition) is 0. The molecular weight excluding hydrogens is 721 g/mol. The second kappa shape index (κ2) is 46.8. The quantitative estimate of drug-likeness (QED) is 0.0264. The van der Waals surface area contributed by atoms with Gasteiger partial charge in [-0.05, 0) is 32.1 Å². The van der Waals surface area contributed by atoms with Crippen LogP contribution in [0.1, 0.15) is 233 Å². The molecule has 1 atom stereocenters. The number of carbonyl (C=O) groups excluding carboxylic acids is 3. The first-order valence-corrected chi connectivity index (χ1v) is 24.4. The number of carbonyl (C=O) groups is 3. The minimum atomic E-state index is -0.805. The molecule has 0 aromatic carbocycles. The Morgan fingerprint density at radius 1 is 0.362 bits per heavy atom. The van der Waals surface area contributed by atoms with Crippen molar-refractivity contribution in [2.24, 2.45) is 0 Å². The van der Waals surface area contributed by atoms with Crippen molar-refractivity contribution in [3.63, 3.8) is 0 Å². The van der Waals surface area contributed by atoms with E-state index in [2.05, 4.69) is 26.8 Å². The summed E-state index contributed by atoms with van der Waals surface area (Å²) in [5.74, 6) is -0.974. The zero-order valence-corrected chi connectivity index (χ0v) is 38.0. The van der Waals surface area contributed by atoms with E-state index in [1.54, 1.807) is 0 Å². The summed E-state index contributed by atoms with van der Waals surface area (Å²) in [5.41, 5.74) is 0. The maximum atomic E-state index is 12.7. The smallest absolute Gasteiger partial charge is 0.306 e. The minimum absolute atomic E-state index is 0.1000. The third kappa shape index (κ3) is 44.2. The van der Waals surface area contributed by atoms with Crippen molar-refractivity contribution in [3.05, 3.63) is 60.8 Å². The van der Waals surface area contributed by atoms with Gasteiger partial charge < -0.3 is 14.2 Å². The van der Waals surface area contributed by atoms with Gasteiger partial charge in [0.2, 0.25) is 0 Å². The van der Waals surface area contributed by atoms with Gasteiger partial charge in [0, 0.05) is 19.3 Å². The van der Waals surface area contributed by atoms with Gasteiger partial charge in [0.15, 0.2) is 6.10 Å². The molecule has 0 saturated carbocycles. The summed E-state index contributed by atoms with van der Waals surface area (Å²) in [6, 6.07) is 0. The fraction of sp³-hybridized carbons (Fsp3) is 0.750. The maximum absolute atomic E-state index is 12.7. The van der Waals surface area contributed by atoms with E-state index in [0.717, 1.165) is 51.4 Å². The molecular formula is C52H90O6. The van der Waals surface area contributed by atoms with Crippen LogP contribution < -0.4 is 0 Å². The zero-order chi connectivity index (χ0) is 42.3. The number of ether oxygens (including phenoxy) is 3. The zero-order valence-electron chi connectivity index (χ0n) is 38.0. The SMILES string of the molecule is CC\C=C/C=C\C=C/C=C\C=C/CCCC(=O)OC(COC(=O)CCCCCCCCCCC)COC(=O)CCCCCCCCCCCCCCCCCCCC. The van der Waals surface area contributed by atoms with Gasteiger partial charge in [0.1, 0.15) is 13.2 Å². The van der Waals surface area contributed by atoms with E-state index in [-0.39, 0.29) is 37.5 Å². The lowest BCUT2D eigenvalue weighted by atomic mass is 10.0. The molecule has 334 valence electrons. The summed E-state index contributed by atoms with van der Waals surface area (Å²) in [5, 5.41) is 0. The van der Waals surface area contributed by atoms with E-state index < -0.39 is 6.10 Å². The van der Waals surface area contributed by atoms with Crippen LogP contribution in [0.15, 0.2) is 60.8 Å². The highest BCUT2D eigenvalue weighted by atomic mass is 16.6. The van der Waals surface area contributed by atoms with Crippen molar-refractivity contribution in [2.45, 2.75) is 239 Å². The number of esters is 3. The van der Waals surface area contributed by atoms with Crippen LogP contribution in [-0.4, -0.2) is 37.2 Å². The summed E-state index contributed by atoms with van der Waals surface area (Å²) in [6.45, 7) is 6.42. The van der Waals surface area contributed by atoms with Gasteiger partial charge >= 0.3 is 17.9 Å². The first-order valence-electron chi connectivity index (χ1n) is 24.4. The fourth-order valence-electron chi connectivity index (χ4n) is 6.77. The van der Waals surface area contributed by atoms with E-state index in [1.807, 2.05) is 54.7 Å². The minimum Gasteiger partial charge on any atom is -0.462 e. The third-order valence-corrected chi connectivity index (χ3v) is 10.4. The Morgan fingerprint density at radius 3 is 1.03 bits per heavy atom. The monoisotopic (exact) mass is 811 g/mol. The lowest BCUT2D eigenvalue weighted by Gasteiger charge is -2.18. The highest BCUT2D eigenvalue weighted by Crippen LogP contribution is 2.16. The molecule has 1 unspecified atom stereocenters. The van der Waals surface area contributed by atoms with E-state index in [0.29, 0.717) is 19.3 Å². The Labute approximate surface area is 358 Å². The normalized spacial score (nSPS) is 12.5. The fourth-order valence-corrected chi connectivity index (χ4v) is 6.77. The number of unbranched alkanes of at least 4 members (excludes halogenated alkanes) is 26. The summed E-state index contributed by atoms with van der Waals surface area (Å²) >= 11 is 0. The molecule has 6 heteroatoms. The highest BCUT2D eigenvalue weighted by Gasteiger charge is 2.19. The van der Waals surface area contributed by atoms with Crippen molar-refractivity contribution in [1.82, 2.24) is 0 Å². The Bertz CT molecular complexity index is 1070. The van der Waals surface area contributed by atoms with Gasteiger partial charge in [-0.1, -0.05) is 242 Å². The van der Waals surface area contributed by atoms with Crippen LogP contribution in [-0.2, 0) is 28.6 Å². The van der Waals surface area contributed by atoms with E-state index in [4.69, 9.17) is 14.2 Å². The van der Waals surface area contributed by atoms with E-state index in [9.17, 15) is 14.4 Å². The molecule has 0 aliphatic heterocycles. The molecule has 6 nitrogen and oxygen atoms in total. The van der Waals surface area contributed by atoms with Crippen LogP contribution in [0.25, 0.3) is 0 Å². The Balaban J connectivity index is 4.37. The first kappa shape index (κ1) is 55.1. The topological polar surface area (TPSA) is 78.9 Å². The average Bonchev–Trinajstić information content (AvgIpc) is 3.22. The molecule has 0 saturated heterocycles. The van der Waals surface area contributed by atoms with Crippen LogP contribution in [0.4, 0.5) is 0 Å². The van der Waals surface area contributed by atoms with Gasteiger partial charge in [0.25, 0.3) is 0 Å². The first-order chi connectivity index (χ1) is 28.5. The summed E-state index contributed by atoms with van der Waals surface area (Å²) in [4.78, 5) is 37.7. The highest BCUT2D eigenvalue weighted by molar-refractivity contribution is 5.71. The summed E-state index contributed by atoms with van der Waals surface area (Å²) in [6.07, 6.45) is 56.5. The Hall–Kier alpha value is -2.89. The molecule has 0 rings (SSSR count). The molecule has 58 heavy (non-hydrogen) atoms. The lowest BCUT2D eigenvalue weighted by Crippen LogP contribution is -2.30. The summed E-state index contributed by atoms with van der Waals surface area (Å²) in [7, 11) is 0. The second-order valence-corrected chi connectivity index (χ2v) is 16.1. The van der Waals surface area contributed by atoms with Crippen LogP contribution in [0.3, 0.4) is 0 Å². The molecule has 0 amide bonds. The number of hydrogen-bond acceptors (Lipinski definition) is 6. The maximum Gasteiger partial charge on any atom is 0.306 e. The second-order valence-electron chi connectivity index (χ2n) is 16.1. The van der Waals surface area contributed by atoms with Gasteiger partial charge in [-0.2, -0.15) is 0 Å². The molecule has 0 bridgehead atoms. The molecule has 0 aromatic heterocycles. The van der Waals surface area contributed by atoms with Crippen LogP contribution in [0.5, 0.6) is 0 Å². The lowest BCUT2D eigenvalue weighted by molar-refractivity contribution is -0.167. The average molecular weight is 811 g/mol. The number of allylic oxidation sites excluding steroid dienone is 10. The molecule has 0 fully saturated rings. The predicted molar refractivity (Wildman–Crippen MR) is 247 cm³/mol. The molecule has 0 aromatic rings. The van der Waals surface area contributed by atoms with Crippen LogP contribution >= 0.6 is 0 Å². The van der Waals surface area contributed by atoms with Crippen molar-refractivity contribution < 1.29 is 28.6 Å². The standard InChI is InChI=1S/C52H90O6/c1-4-7-10-13-16-19-21-23-24-25-26-27-29-30-33-36-39-42-45-51(54)57-48-49(47-56-50(53)44-41-38-35-32-18-15-12-9-6-3)58-52(55)46-43-40-37-34-31-28-22-20-17-14-11-8-5-2/h8,11,14,17,20,22,28,31,34,37,49H,4-7,9-10,12-13,15-16,18-19,21,23-27,29-30,32-33,35-36,38-48H2,1-3H3/b11-8-,17-14-,22-20-,31-28-,37-34-. The van der Waals surface area contributed by atoms with Crippen molar-refractivity contribution in [3.8, 4) is 0 Å². The Kier molecular flexibility index (Phi) is 44.5.